The first-order valence-corrected chi connectivity index (χ1v) is 5.10. The number of nitrogens with zero attached hydrogens (tertiary/aromatic N) is 1. The molecule has 0 fully saturated rings. The molecule has 0 spiro atoms. The maximum atomic E-state index is 13.6. The van der Waals surface area contributed by atoms with Crippen molar-refractivity contribution in [1.82, 2.24) is 4.98 Å². The number of rotatable bonds is 2. The highest BCUT2D eigenvalue weighted by atomic mass is 35.5. The number of aromatic nitrogens is 1. The zero-order valence-corrected chi connectivity index (χ0v) is 8.71. The zero-order chi connectivity index (χ0) is 10.7. The fourth-order valence-electron chi connectivity index (χ4n) is 1.36. The Morgan fingerprint density at radius 1 is 1.20 bits per heavy atom. The lowest BCUT2D eigenvalue weighted by Gasteiger charge is -2.03. The summed E-state index contributed by atoms with van der Waals surface area (Å²) in [6.07, 6.45) is 1.60. The van der Waals surface area contributed by atoms with E-state index >= 15 is 0 Å². The lowest BCUT2D eigenvalue weighted by atomic mass is 10.1. The van der Waals surface area contributed by atoms with E-state index in [2.05, 4.69) is 4.98 Å². The quantitative estimate of drug-likeness (QED) is 0.706. The molecular formula is C12H9ClFN. The summed E-state index contributed by atoms with van der Waals surface area (Å²) in [6, 6.07) is 10.7. The Balaban J connectivity index is 2.46. The van der Waals surface area contributed by atoms with Gasteiger partial charge in [0.1, 0.15) is 11.5 Å². The summed E-state index contributed by atoms with van der Waals surface area (Å²) in [6.45, 7) is 0. The number of halogens is 2. The van der Waals surface area contributed by atoms with Crippen LogP contribution in [0.4, 0.5) is 4.39 Å². The molecule has 2 aromatic rings. The first-order valence-electron chi connectivity index (χ1n) is 4.57. The van der Waals surface area contributed by atoms with E-state index in [0.29, 0.717) is 11.3 Å². The summed E-state index contributed by atoms with van der Waals surface area (Å²) >= 11 is 5.59. The maximum absolute atomic E-state index is 13.6. The van der Waals surface area contributed by atoms with Crippen LogP contribution in [0.1, 0.15) is 5.56 Å². The van der Waals surface area contributed by atoms with Crippen molar-refractivity contribution in [2.24, 2.45) is 0 Å². The van der Waals surface area contributed by atoms with Gasteiger partial charge in [-0.2, -0.15) is 0 Å². The van der Waals surface area contributed by atoms with E-state index in [1.807, 2.05) is 30.3 Å². The number of hydrogen-bond acceptors (Lipinski definition) is 1. The van der Waals surface area contributed by atoms with Gasteiger partial charge in [0.2, 0.25) is 0 Å². The van der Waals surface area contributed by atoms with E-state index in [0.717, 1.165) is 5.56 Å². The summed E-state index contributed by atoms with van der Waals surface area (Å²) in [5, 5.41) is 0. The average molecular weight is 222 g/mol. The van der Waals surface area contributed by atoms with Gasteiger partial charge < -0.3 is 0 Å². The van der Waals surface area contributed by atoms with Crippen LogP contribution in [0.25, 0.3) is 11.3 Å². The Morgan fingerprint density at radius 2 is 1.93 bits per heavy atom. The fourth-order valence-corrected chi connectivity index (χ4v) is 1.51. The van der Waals surface area contributed by atoms with Gasteiger partial charge in [-0.25, -0.2) is 4.39 Å². The third-order valence-corrected chi connectivity index (χ3v) is 2.41. The third-order valence-electron chi connectivity index (χ3n) is 2.10. The van der Waals surface area contributed by atoms with Crippen molar-refractivity contribution in [3.8, 4) is 11.3 Å². The van der Waals surface area contributed by atoms with Crippen LogP contribution in [-0.4, -0.2) is 4.98 Å². The second kappa shape index (κ2) is 4.41. The Kier molecular flexibility index (Phi) is 2.97. The van der Waals surface area contributed by atoms with Gasteiger partial charge in [0.25, 0.3) is 0 Å². The van der Waals surface area contributed by atoms with Gasteiger partial charge in [-0.05, 0) is 11.6 Å². The smallest absolute Gasteiger partial charge is 0.149 e. The molecule has 0 radical (unpaired) electrons. The number of hydrogen-bond donors (Lipinski definition) is 0. The minimum atomic E-state index is -0.334. The fraction of sp³-hybridized carbons (Fsp3) is 0.0833. The van der Waals surface area contributed by atoms with Crippen molar-refractivity contribution in [2.75, 3.05) is 0 Å². The van der Waals surface area contributed by atoms with Crippen molar-refractivity contribution in [2.45, 2.75) is 5.88 Å². The van der Waals surface area contributed by atoms with E-state index in [9.17, 15) is 4.39 Å². The molecule has 0 amide bonds. The van der Waals surface area contributed by atoms with Crippen molar-refractivity contribution < 1.29 is 4.39 Å². The molecule has 0 atom stereocenters. The second-order valence-corrected chi connectivity index (χ2v) is 3.44. The topological polar surface area (TPSA) is 12.9 Å². The van der Waals surface area contributed by atoms with Crippen LogP contribution in [0.2, 0.25) is 0 Å². The van der Waals surface area contributed by atoms with Crippen molar-refractivity contribution >= 4 is 11.6 Å². The van der Waals surface area contributed by atoms with E-state index in [-0.39, 0.29) is 11.7 Å². The second-order valence-electron chi connectivity index (χ2n) is 3.17. The highest BCUT2D eigenvalue weighted by molar-refractivity contribution is 6.17. The molecule has 2 rings (SSSR count). The molecule has 0 aliphatic heterocycles. The molecule has 0 aliphatic carbocycles. The summed E-state index contributed by atoms with van der Waals surface area (Å²) in [5.41, 5.74) is 1.83. The Bertz CT molecular complexity index is 456. The van der Waals surface area contributed by atoms with Gasteiger partial charge in [0.15, 0.2) is 0 Å². The molecule has 76 valence electrons. The van der Waals surface area contributed by atoms with Crippen LogP contribution in [0, 0.1) is 5.82 Å². The van der Waals surface area contributed by atoms with E-state index in [1.165, 1.54) is 6.07 Å². The molecule has 1 aromatic heterocycles. The maximum Gasteiger partial charge on any atom is 0.149 e. The molecule has 0 N–H and O–H groups in total. The molecule has 1 heterocycles. The lowest BCUT2D eigenvalue weighted by Crippen LogP contribution is -1.91. The number of pyridine rings is 1. The standard InChI is InChI=1S/C12H9ClFN/c13-7-9-6-11(14)12(15-8-9)10-4-2-1-3-5-10/h1-6,8H,7H2. The lowest BCUT2D eigenvalue weighted by molar-refractivity contribution is 0.624. The third kappa shape index (κ3) is 2.16. The largest absolute Gasteiger partial charge is 0.253 e. The van der Waals surface area contributed by atoms with E-state index < -0.39 is 0 Å². The van der Waals surface area contributed by atoms with Gasteiger partial charge in [-0.1, -0.05) is 30.3 Å². The first-order chi connectivity index (χ1) is 7.31. The molecule has 0 unspecified atom stereocenters. The van der Waals surface area contributed by atoms with Crippen LogP contribution >= 0.6 is 11.6 Å². The average Bonchev–Trinajstić information content (AvgIpc) is 2.30. The van der Waals surface area contributed by atoms with Gasteiger partial charge in [0, 0.05) is 17.6 Å². The zero-order valence-electron chi connectivity index (χ0n) is 7.95. The number of alkyl halides is 1. The molecule has 15 heavy (non-hydrogen) atoms. The summed E-state index contributed by atoms with van der Waals surface area (Å²) in [5.74, 6) is -0.0572. The van der Waals surface area contributed by atoms with Crippen LogP contribution in [0.15, 0.2) is 42.6 Å². The van der Waals surface area contributed by atoms with Gasteiger partial charge >= 0.3 is 0 Å². The van der Waals surface area contributed by atoms with Gasteiger partial charge in [-0.3, -0.25) is 4.98 Å². The van der Waals surface area contributed by atoms with Gasteiger partial charge in [0.05, 0.1) is 0 Å². The molecule has 3 heteroatoms. The Morgan fingerprint density at radius 3 is 2.53 bits per heavy atom. The highest BCUT2D eigenvalue weighted by Gasteiger charge is 2.06. The molecule has 1 nitrogen and oxygen atoms in total. The molecular weight excluding hydrogens is 213 g/mol. The minimum absolute atomic E-state index is 0.277. The van der Waals surface area contributed by atoms with Crippen LogP contribution in [0.5, 0.6) is 0 Å². The summed E-state index contributed by atoms with van der Waals surface area (Å²) in [4.78, 5) is 4.06. The summed E-state index contributed by atoms with van der Waals surface area (Å²) in [7, 11) is 0. The van der Waals surface area contributed by atoms with Crippen molar-refractivity contribution in [3.05, 3.63) is 54.0 Å². The van der Waals surface area contributed by atoms with E-state index in [1.54, 1.807) is 6.20 Å². The van der Waals surface area contributed by atoms with Crippen molar-refractivity contribution in [1.29, 1.82) is 0 Å². The van der Waals surface area contributed by atoms with Crippen LogP contribution in [0.3, 0.4) is 0 Å². The summed E-state index contributed by atoms with van der Waals surface area (Å²) < 4.78 is 13.6. The predicted octanol–water partition coefficient (Wildman–Crippen LogP) is 3.63. The molecule has 0 saturated heterocycles. The molecule has 0 aliphatic rings. The molecule has 0 bridgehead atoms. The van der Waals surface area contributed by atoms with Crippen molar-refractivity contribution in [3.63, 3.8) is 0 Å². The molecule has 0 saturated carbocycles. The van der Waals surface area contributed by atoms with E-state index in [4.69, 9.17) is 11.6 Å². The molecule has 1 aromatic carbocycles. The first kappa shape index (κ1) is 10.1. The Hall–Kier alpha value is -1.41. The SMILES string of the molecule is Fc1cc(CCl)cnc1-c1ccccc1. The van der Waals surface area contributed by atoms with Crippen LogP contribution in [-0.2, 0) is 5.88 Å². The monoisotopic (exact) mass is 221 g/mol. The normalized spacial score (nSPS) is 10.3. The minimum Gasteiger partial charge on any atom is -0.253 e. The Labute approximate surface area is 92.5 Å². The number of benzene rings is 1. The van der Waals surface area contributed by atoms with Gasteiger partial charge in [-0.15, -0.1) is 11.6 Å². The highest BCUT2D eigenvalue weighted by Crippen LogP contribution is 2.20. The van der Waals surface area contributed by atoms with Crippen LogP contribution < -0.4 is 0 Å². The predicted molar refractivity (Wildman–Crippen MR) is 59.2 cm³/mol.